The van der Waals surface area contributed by atoms with Gasteiger partial charge in [0, 0.05) is 0 Å². The van der Waals surface area contributed by atoms with Crippen LogP contribution in [0.3, 0.4) is 0 Å². The van der Waals surface area contributed by atoms with Gasteiger partial charge in [-0.3, -0.25) is 5.43 Å². The Morgan fingerprint density at radius 3 is 2.37 bits per heavy atom. The zero-order chi connectivity index (χ0) is 13.7. The van der Waals surface area contributed by atoms with E-state index in [1.165, 1.54) is 12.7 Å². The van der Waals surface area contributed by atoms with E-state index in [0.717, 1.165) is 6.42 Å². The molecule has 1 aromatic heterocycles. The molecule has 0 aliphatic rings. The van der Waals surface area contributed by atoms with E-state index in [4.69, 9.17) is 15.3 Å². The van der Waals surface area contributed by atoms with Gasteiger partial charge in [-0.25, -0.2) is 5.84 Å². The molecule has 100 valence electrons. The van der Waals surface area contributed by atoms with Gasteiger partial charge in [-0.2, -0.15) is 9.97 Å². The van der Waals surface area contributed by atoms with Crippen molar-refractivity contribution in [1.82, 2.24) is 15.0 Å². The van der Waals surface area contributed by atoms with Gasteiger partial charge in [0.15, 0.2) is 0 Å². The summed E-state index contributed by atoms with van der Waals surface area (Å²) in [6.45, 7) is 2.09. The van der Waals surface area contributed by atoms with Crippen LogP contribution >= 0.6 is 0 Å². The predicted molar refractivity (Wildman–Crippen MR) is 70.1 cm³/mol. The third kappa shape index (κ3) is 3.29. The molecule has 2 rings (SSSR count). The summed E-state index contributed by atoms with van der Waals surface area (Å²) in [6.07, 6.45) is 0.973. The number of aryl methyl sites for hydroxylation is 1. The molecule has 7 heteroatoms. The Morgan fingerprint density at radius 1 is 1.11 bits per heavy atom. The number of hydrogen-bond acceptors (Lipinski definition) is 7. The molecule has 0 atom stereocenters. The van der Waals surface area contributed by atoms with Gasteiger partial charge >= 0.3 is 12.0 Å². The number of benzene rings is 1. The lowest BCUT2D eigenvalue weighted by Crippen LogP contribution is -2.12. The normalized spacial score (nSPS) is 10.1. The van der Waals surface area contributed by atoms with E-state index in [2.05, 4.69) is 27.3 Å². The lowest BCUT2D eigenvalue weighted by Gasteiger charge is -2.07. The van der Waals surface area contributed by atoms with Crippen molar-refractivity contribution in [3.63, 3.8) is 0 Å². The number of nitrogens with two attached hydrogens (primary N) is 1. The summed E-state index contributed by atoms with van der Waals surface area (Å²) < 4.78 is 10.5. The summed E-state index contributed by atoms with van der Waals surface area (Å²) in [6, 6.07) is 7.91. The third-order valence-electron chi connectivity index (χ3n) is 2.45. The van der Waals surface area contributed by atoms with E-state index >= 15 is 0 Å². The number of anilines is 1. The van der Waals surface area contributed by atoms with Gasteiger partial charge in [0.1, 0.15) is 5.75 Å². The van der Waals surface area contributed by atoms with Gasteiger partial charge in [0.25, 0.3) is 0 Å². The molecule has 0 bridgehead atoms. The zero-order valence-electron chi connectivity index (χ0n) is 10.8. The minimum Gasteiger partial charge on any atom is -0.467 e. The van der Waals surface area contributed by atoms with Crippen LogP contribution in [0.5, 0.6) is 17.8 Å². The first kappa shape index (κ1) is 13.0. The fraction of sp³-hybridized carbons (Fsp3) is 0.250. The van der Waals surface area contributed by atoms with E-state index < -0.39 is 0 Å². The average Bonchev–Trinajstić information content (AvgIpc) is 2.47. The maximum Gasteiger partial charge on any atom is 0.330 e. The molecule has 0 spiro atoms. The van der Waals surface area contributed by atoms with Gasteiger partial charge < -0.3 is 9.47 Å². The highest BCUT2D eigenvalue weighted by molar-refractivity contribution is 5.31. The Kier molecular flexibility index (Phi) is 4.09. The van der Waals surface area contributed by atoms with Crippen LogP contribution in [0.1, 0.15) is 12.5 Å². The number of nitrogens with one attached hydrogen (secondary N) is 1. The fourth-order valence-electron chi connectivity index (χ4n) is 1.44. The Labute approximate surface area is 110 Å². The second kappa shape index (κ2) is 5.96. The third-order valence-corrected chi connectivity index (χ3v) is 2.45. The van der Waals surface area contributed by atoms with Crippen LogP contribution in [0.15, 0.2) is 24.3 Å². The highest BCUT2D eigenvalue weighted by Crippen LogP contribution is 2.20. The van der Waals surface area contributed by atoms with Gasteiger partial charge in [0.2, 0.25) is 5.95 Å². The lowest BCUT2D eigenvalue weighted by atomic mass is 10.2. The monoisotopic (exact) mass is 261 g/mol. The number of ether oxygens (including phenoxy) is 2. The second-order valence-corrected chi connectivity index (χ2v) is 3.67. The summed E-state index contributed by atoms with van der Waals surface area (Å²) in [5.41, 5.74) is 3.55. The highest BCUT2D eigenvalue weighted by atomic mass is 16.5. The van der Waals surface area contributed by atoms with E-state index in [1.54, 1.807) is 0 Å². The molecule has 0 amide bonds. The molecule has 3 N–H and O–H groups in total. The fourth-order valence-corrected chi connectivity index (χ4v) is 1.44. The number of methoxy groups -OCH3 is 1. The molecule has 0 radical (unpaired) electrons. The van der Waals surface area contributed by atoms with Crippen LogP contribution in [0, 0.1) is 0 Å². The molecule has 2 aromatic rings. The number of nitrogens with zero attached hydrogens (tertiary/aromatic N) is 3. The number of hydrogen-bond donors (Lipinski definition) is 2. The Morgan fingerprint density at radius 2 is 1.79 bits per heavy atom. The van der Waals surface area contributed by atoms with Crippen molar-refractivity contribution in [1.29, 1.82) is 0 Å². The molecule has 1 aromatic carbocycles. The summed E-state index contributed by atoms with van der Waals surface area (Å²) in [7, 11) is 1.45. The average molecular weight is 261 g/mol. The number of hydrazine groups is 1. The van der Waals surface area contributed by atoms with Crippen LogP contribution < -0.4 is 20.7 Å². The Balaban J connectivity index is 2.21. The minimum atomic E-state index is 0.115. The molecule has 0 saturated heterocycles. The van der Waals surface area contributed by atoms with E-state index in [-0.39, 0.29) is 18.0 Å². The standard InChI is InChI=1S/C12H15N5O2/c1-3-8-4-6-9(7-5-8)19-12-15-10(17-13)14-11(16-12)18-2/h4-7H,3,13H2,1-2H3,(H,14,15,16,17). The molecule has 0 saturated carbocycles. The molecule has 19 heavy (non-hydrogen) atoms. The van der Waals surface area contributed by atoms with Crippen molar-refractivity contribution < 1.29 is 9.47 Å². The molecular formula is C12H15N5O2. The maximum absolute atomic E-state index is 5.53. The van der Waals surface area contributed by atoms with Gasteiger partial charge in [0.05, 0.1) is 7.11 Å². The largest absolute Gasteiger partial charge is 0.467 e. The van der Waals surface area contributed by atoms with Gasteiger partial charge in [-0.15, -0.1) is 4.98 Å². The summed E-state index contributed by atoms with van der Waals surface area (Å²) in [5, 5.41) is 0. The van der Waals surface area contributed by atoms with Crippen LogP contribution in [0.4, 0.5) is 5.95 Å². The van der Waals surface area contributed by atoms with Crippen molar-refractivity contribution in [2.75, 3.05) is 12.5 Å². The number of nitrogen functional groups attached to an aromatic ring is 1. The first-order valence-electron chi connectivity index (χ1n) is 5.78. The van der Waals surface area contributed by atoms with Crippen LogP contribution in [0.2, 0.25) is 0 Å². The highest BCUT2D eigenvalue weighted by Gasteiger charge is 2.08. The summed E-state index contributed by atoms with van der Waals surface area (Å²) >= 11 is 0. The SMILES string of the molecule is CCc1ccc(Oc2nc(NN)nc(OC)n2)cc1. The van der Waals surface area contributed by atoms with Crippen molar-refractivity contribution in [2.45, 2.75) is 13.3 Å². The molecule has 0 fully saturated rings. The zero-order valence-corrected chi connectivity index (χ0v) is 10.8. The molecule has 7 nitrogen and oxygen atoms in total. The van der Waals surface area contributed by atoms with Crippen molar-refractivity contribution in [3.05, 3.63) is 29.8 Å². The van der Waals surface area contributed by atoms with Crippen LogP contribution in [0.25, 0.3) is 0 Å². The van der Waals surface area contributed by atoms with Gasteiger partial charge in [-0.1, -0.05) is 19.1 Å². The first-order chi connectivity index (χ1) is 9.25. The molecule has 0 unspecified atom stereocenters. The number of aromatic nitrogens is 3. The molecule has 0 aliphatic carbocycles. The van der Waals surface area contributed by atoms with E-state index in [0.29, 0.717) is 5.75 Å². The molecule has 0 aliphatic heterocycles. The lowest BCUT2D eigenvalue weighted by molar-refractivity contribution is 0.360. The topological polar surface area (TPSA) is 95.2 Å². The van der Waals surface area contributed by atoms with E-state index in [1.807, 2.05) is 24.3 Å². The molecular weight excluding hydrogens is 246 g/mol. The van der Waals surface area contributed by atoms with Gasteiger partial charge in [-0.05, 0) is 24.1 Å². The van der Waals surface area contributed by atoms with Crippen LogP contribution in [-0.2, 0) is 6.42 Å². The quantitative estimate of drug-likeness (QED) is 0.622. The molecule has 1 heterocycles. The second-order valence-electron chi connectivity index (χ2n) is 3.67. The van der Waals surface area contributed by atoms with Crippen LogP contribution in [-0.4, -0.2) is 22.1 Å². The van der Waals surface area contributed by atoms with Crippen molar-refractivity contribution in [2.24, 2.45) is 5.84 Å². The predicted octanol–water partition coefficient (Wildman–Crippen LogP) is 1.52. The maximum atomic E-state index is 5.53. The minimum absolute atomic E-state index is 0.115. The first-order valence-corrected chi connectivity index (χ1v) is 5.78. The Hall–Kier alpha value is -2.41. The summed E-state index contributed by atoms with van der Waals surface area (Å²) in [4.78, 5) is 11.8. The van der Waals surface area contributed by atoms with Crippen molar-refractivity contribution in [3.8, 4) is 17.8 Å². The Bertz CT molecular complexity index is 522. The van der Waals surface area contributed by atoms with Crippen molar-refractivity contribution >= 4 is 5.95 Å². The number of rotatable bonds is 5. The summed E-state index contributed by atoms with van der Waals surface area (Å²) in [5.74, 6) is 6.07. The van der Waals surface area contributed by atoms with E-state index in [9.17, 15) is 0 Å². The smallest absolute Gasteiger partial charge is 0.330 e.